The summed E-state index contributed by atoms with van der Waals surface area (Å²) < 4.78 is 29.8. The molecule has 2 heterocycles. The number of nitrogens with zero attached hydrogens (tertiary/aromatic N) is 5. The number of rotatable bonds is 3. The van der Waals surface area contributed by atoms with E-state index in [4.69, 9.17) is 5.26 Å². The molecule has 7 heteroatoms. The molecule has 0 bridgehead atoms. The third kappa shape index (κ3) is 2.35. The summed E-state index contributed by atoms with van der Waals surface area (Å²) in [5.41, 5.74) is 0.401. The molecule has 0 atom stereocenters. The zero-order valence-corrected chi connectivity index (χ0v) is 11.7. The van der Waals surface area contributed by atoms with Crippen LogP contribution in [0.2, 0.25) is 0 Å². The molecular weight excluding hydrogens is 288 g/mol. The summed E-state index contributed by atoms with van der Waals surface area (Å²) >= 11 is 0. The van der Waals surface area contributed by atoms with Crippen molar-refractivity contribution in [3.8, 4) is 6.07 Å². The number of aromatic nitrogens is 3. The maximum atomic E-state index is 14.0. The fourth-order valence-corrected chi connectivity index (χ4v) is 2.28. The number of fused-ring (bicyclic) bond motifs is 1. The second-order valence-corrected chi connectivity index (χ2v) is 4.80. The number of hydrogen-bond donors (Lipinski definition) is 0. The molecule has 110 valence electrons. The van der Waals surface area contributed by atoms with E-state index in [9.17, 15) is 8.78 Å². The molecule has 3 rings (SSSR count). The van der Waals surface area contributed by atoms with Crippen LogP contribution >= 0.6 is 0 Å². The topological polar surface area (TPSA) is 57.2 Å². The minimum absolute atomic E-state index is 0.0555. The maximum absolute atomic E-state index is 14.0. The molecule has 0 aliphatic carbocycles. The summed E-state index contributed by atoms with van der Waals surface area (Å²) in [4.78, 5) is 1.40. The summed E-state index contributed by atoms with van der Waals surface area (Å²) in [5, 5.41) is 16.7. The van der Waals surface area contributed by atoms with Crippen molar-refractivity contribution in [2.45, 2.75) is 6.54 Å². The third-order valence-corrected chi connectivity index (χ3v) is 3.29. The largest absolute Gasteiger partial charge is 0.362 e. The minimum Gasteiger partial charge on any atom is -0.362 e. The van der Waals surface area contributed by atoms with Crippen molar-refractivity contribution in [2.75, 3.05) is 11.9 Å². The van der Waals surface area contributed by atoms with E-state index in [0.717, 1.165) is 12.1 Å². The van der Waals surface area contributed by atoms with Gasteiger partial charge in [0.25, 0.3) is 0 Å². The van der Waals surface area contributed by atoms with E-state index < -0.39 is 11.6 Å². The van der Waals surface area contributed by atoms with Crippen LogP contribution in [0, 0.1) is 23.0 Å². The lowest BCUT2D eigenvalue weighted by molar-refractivity contribution is 0.574. The van der Waals surface area contributed by atoms with Crippen LogP contribution < -0.4 is 4.90 Å². The standard InChI is InChI=1S/C15H11F2N5/c1-21(15-11(16)6-10(8-18)7-12(15)17)9-14-20-19-13-4-2-3-5-22(13)14/h2-7H,9H2,1H3. The first-order chi connectivity index (χ1) is 10.6. The molecule has 0 aliphatic rings. The van der Waals surface area contributed by atoms with Gasteiger partial charge in [-0.05, 0) is 24.3 Å². The SMILES string of the molecule is CN(Cc1nnc2ccccn12)c1c(F)cc(C#N)cc1F. The van der Waals surface area contributed by atoms with Crippen LogP contribution in [-0.4, -0.2) is 21.6 Å². The quantitative estimate of drug-likeness (QED) is 0.745. The zero-order chi connectivity index (χ0) is 15.7. The zero-order valence-electron chi connectivity index (χ0n) is 11.7. The normalized spacial score (nSPS) is 10.6. The summed E-state index contributed by atoms with van der Waals surface area (Å²) in [5.74, 6) is -1.01. The number of anilines is 1. The Hall–Kier alpha value is -3.01. The van der Waals surface area contributed by atoms with Crippen molar-refractivity contribution < 1.29 is 8.78 Å². The molecular formula is C15H11F2N5. The molecule has 2 aromatic heterocycles. The molecule has 0 saturated heterocycles. The summed E-state index contributed by atoms with van der Waals surface area (Å²) in [6.45, 7) is 0.172. The van der Waals surface area contributed by atoms with Gasteiger partial charge in [-0.3, -0.25) is 4.40 Å². The van der Waals surface area contributed by atoms with Crippen molar-refractivity contribution in [2.24, 2.45) is 0 Å². The molecule has 1 aromatic carbocycles. The summed E-state index contributed by atoms with van der Waals surface area (Å²) in [7, 11) is 1.55. The van der Waals surface area contributed by atoms with Crippen molar-refractivity contribution in [3.05, 3.63) is 59.6 Å². The molecule has 0 aliphatic heterocycles. The van der Waals surface area contributed by atoms with E-state index in [1.165, 1.54) is 4.90 Å². The Kier molecular flexibility index (Phi) is 3.43. The van der Waals surface area contributed by atoms with Gasteiger partial charge in [-0.1, -0.05) is 6.07 Å². The second kappa shape index (κ2) is 5.41. The van der Waals surface area contributed by atoms with Gasteiger partial charge in [0, 0.05) is 13.2 Å². The van der Waals surface area contributed by atoms with Gasteiger partial charge in [0.05, 0.1) is 18.2 Å². The molecule has 3 aromatic rings. The first kappa shape index (κ1) is 13.9. The minimum atomic E-state index is -0.784. The van der Waals surface area contributed by atoms with E-state index in [0.29, 0.717) is 11.5 Å². The summed E-state index contributed by atoms with van der Waals surface area (Å²) in [6.07, 6.45) is 1.78. The molecule has 0 saturated carbocycles. The third-order valence-electron chi connectivity index (χ3n) is 3.29. The van der Waals surface area contributed by atoms with Crippen molar-refractivity contribution in [1.82, 2.24) is 14.6 Å². The second-order valence-electron chi connectivity index (χ2n) is 4.80. The monoisotopic (exact) mass is 299 g/mol. The van der Waals surface area contributed by atoms with Gasteiger partial charge in [0.2, 0.25) is 0 Å². The molecule has 5 nitrogen and oxygen atoms in total. The Morgan fingerprint density at radius 1 is 1.23 bits per heavy atom. The predicted molar refractivity (Wildman–Crippen MR) is 76.2 cm³/mol. The molecule has 0 radical (unpaired) electrons. The molecule has 0 fully saturated rings. The molecule has 0 spiro atoms. The van der Waals surface area contributed by atoms with Gasteiger partial charge in [0.15, 0.2) is 23.1 Å². The molecule has 22 heavy (non-hydrogen) atoms. The lowest BCUT2D eigenvalue weighted by Gasteiger charge is -2.19. The first-order valence-electron chi connectivity index (χ1n) is 6.49. The average molecular weight is 299 g/mol. The number of pyridine rings is 1. The average Bonchev–Trinajstić information content (AvgIpc) is 2.89. The lowest BCUT2D eigenvalue weighted by Crippen LogP contribution is -2.21. The van der Waals surface area contributed by atoms with Crippen LogP contribution in [0.5, 0.6) is 0 Å². The van der Waals surface area contributed by atoms with Crippen molar-refractivity contribution in [1.29, 1.82) is 5.26 Å². The van der Waals surface area contributed by atoms with Crippen LogP contribution in [0.15, 0.2) is 36.5 Å². The van der Waals surface area contributed by atoms with Crippen molar-refractivity contribution in [3.63, 3.8) is 0 Å². The van der Waals surface area contributed by atoms with Gasteiger partial charge >= 0.3 is 0 Å². The Morgan fingerprint density at radius 2 is 1.95 bits per heavy atom. The highest BCUT2D eigenvalue weighted by atomic mass is 19.1. The van der Waals surface area contributed by atoms with Crippen LogP contribution in [0.25, 0.3) is 5.65 Å². The van der Waals surface area contributed by atoms with E-state index in [1.54, 1.807) is 29.8 Å². The van der Waals surface area contributed by atoms with Gasteiger partial charge in [0.1, 0.15) is 5.69 Å². The highest BCUT2D eigenvalue weighted by Crippen LogP contribution is 2.25. The van der Waals surface area contributed by atoms with Crippen LogP contribution in [0.3, 0.4) is 0 Å². The molecule has 0 N–H and O–H groups in total. The number of halogens is 2. The van der Waals surface area contributed by atoms with Gasteiger partial charge in [-0.2, -0.15) is 5.26 Å². The maximum Gasteiger partial charge on any atom is 0.160 e. The lowest BCUT2D eigenvalue weighted by atomic mass is 10.2. The highest BCUT2D eigenvalue weighted by Gasteiger charge is 2.17. The summed E-state index contributed by atoms with van der Waals surface area (Å²) in [6, 6.07) is 9.19. The van der Waals surface area contributed by atoms with Crippen LogP contribution in [0.1, 0.15) is 11.4 Å². The first-order valence-corrected chi connectivity index (χ1v) is 6.49. The smallest absolute Gasteiger partial charge is 0.160 e. The Labute approximate surface area is 125 Å². The van der Waals surface area contributed by atoms with Gasteiger partial charge in [-0.25, -0.2) is 8.78 Å². The van der Waals surface area contributed by atoms with Crippen LogP contribution in [0.4, 0.5) is 14.5 Å². The fraction of sp³-hybridized carbons (Fsp3) is 0.133. The Morgan fingerprint density at radius 3 is 2.64 bits per heavy atom. The van der Waals surface area contributed by atoms with Gasteiger partial charge in [-0.15, -0.1) is 10.2 Å². The number of benzene rings is 1. The van der Waals surface area contributed by atoms with E-state index in [-0.39, 0.29) is 17.8 Å². The van der Waals surface area contributed by atoms with Crippen molar-refractivity contribution >= 4 is 11.3 Å². The fourth-order valence-electron chi connectivity index (χ4n) is 2.28. The van der Waals surface area contributed by atoms with Gasteiger partial charge < -0.3 is 4.90 Å². The number of hydrogen-bond acceptors (Lipinski definition) is 4. The van der Waals surface area contributed by atoms with E-state index in [2.05, 4.69) is 10.2 Å². The van der Waals surface area contributed by atoms with E-state index in [1.807, 2.05) is 12.1 Å². The number of nitriles is 1. The molecule has 0 unspecified atom stereocenters. The van der Waals surface area contributed by atoms with Crippen LogP contribution in [-0.2, 0) is 6.54 Å². The highest BCUT2D eigenvalue weighted by molar-refractivity contribution is 5.52. The Bertz CT molecular complexity index is 858. The molecule has 0 amide bonds. The Balaban J connectivity index is 1.95. The van der Waals surface area contributed by atoms with E-state index >= 15 is 0 Å². The predicted octanol–water partition coefficient (Wildman–Crippen LogP) is 2.52.